The van der Waals surface area contributed by atoms with Gasteiger partial charge >= 0.3 is 0 Å². The predicted octanol–water partition coefficient (Wildman–Crippen LogP) is 2.33. The van der Waals surface area contributed by atoms with Crippen molar-refractivity contribution in [1.29, 1.82) is 0 Å². The highest BCUT2D eigenvalue weighted by Crippen LogP contribution is 2.18. The van der Waals surface area contributed by atoms with Crippen LogP contribution in [0.4, 0.5) is 0 Å². The first-order valence-electron chi connectivity index (χ1n) is 6.31. The van der Waals surface area contributed by atoms with Crippen molar-refractivity contribution in [3.05, 3.63) is 47.5 Å². The summed E-state index contributed by atoms with van der Waals surface area (Å²) in [5.41, 5.74) is 8.56. The Hall–Kier alpha value is -1.12. The highest BCUT2D eigenvalue weighted by Gasteiger charge is 2.16. The third-order valence-electron chi connectivity index (χ3n) is 3.32. The maximum atomic E-state index is 5.86. The Morgan fingerprint density at radius 2 is 1.94 bits per heavy atom. The van der Waals surface area contributed by atoms with Gasteiger partial charge in [0.2, 0.25) is 0 Å². The molecule has 17 heavy (non-hydrogen) atoms. The standard InChI is InChI=1S/C15H22N2/c1-12-3-5-13(6-4-12)10-17(2)11-14-7-8-15(16)9-14/h3-8,14-15H,9-11,16H2,1-2H3. The molecule has 0 amide bonds. The van der Waals surface area contributed by atoms with Gasteiger partial charge in [-0.3, -0.25) is 0 Å². The Labute approximate surface area is 104 Å². The van der Waals surface area contributed by atoms with Gasteiger partial charge in [0.05, 0.1) is 0 Å². The monoisotopic (exact) mass is 230 g/mol. The van der Waals surface area contributed by atoms with E-state index in [1.54, 1.807) is 0 Å². The minimum absolute atomic E-state index is 0.271. The first kappa shape index (κ1) is 12.3. The molecule has 2 heteroatoms. The summed E-state index contributed by atoms with van der Waals surface area (Å²) < 4.78 is 0. The molecule has 2 rings (SSSR count). The van der Waals surface area contributed by atoms with Crippen molar-refractivity contribution in [2.24, 2.45) is 11.7 Å². The van der Waals surface area contributed by atoms with E-state index in [1.807, 2.05) is 0 Å². The molecule has 2 atom stereocenters. The van der Waals surface area contributed by atoms with Gasteiger partial charge in [0.1, 0.15) is 0 Å². The summed E-state index contributed by atoms with van der Waals surface area (Å²) >= 11 is 0. The third kappa shape index (κ3) is 3.69. The van der Waals surface area contributed by atoms with Crippen molar-refractivity contribution < 1.29 is 0 Å². The van der Waals surface area contributed by atoms with E-state index in [-0.39, 0.29) is 6.04 Å². The Kier molecular flexibility index (Phi) is 3.97. The molecule has 1 aromatic carbocycles. The van der Waals surface area contributed by atoms with E-state index in [9.17, 15) is 0 Å². The van der Waals surface area contributed by atoms with Gasteiger partial charge in [0.25, 0.3) is 0 Å². The average Bonchev–Trinajstić information content (AvgIpc) is 2.67. The fraction of sp³-hybridized carbons (Fsp3) is 0.467. The molecule has 2 unspecified atom stereocenters. The Morgan fingerprint density at radius 1 is 1.24 bits per heavy atom. The Morgan fingerprint density at radius 3 is 2.53 bits per heavy atom. The highest BCUT2D eigenvalue weighted by atomic mass is 15.1. The van der Waals surface area contributed by atoms with Crippen LogP contribution in [0.15, 0.2) is 36.4 Å². The first-order valence-corrected chi connectivity index (χ1v) is 6.31. The quantitative estimate of drug-likeness (QED) is 0.804. The average molecular weight is 230 g/mol. The van der Waals surface area contributed by atoms with Crippen molar-refractivity contribution in [1.82, 2.24) is 4.90 Å². The zero-order chi connectivity index (χ0) is 12.3. The number of aryl methyl sites for hydroxylation is 1. The lowest BCUT2D eigenvalue weighted by molar-refractivity contribution is 0.288. The van der Waals surface area contributed by atoms with Crippen molar-refractivity contribution in [3.8, 4) is 0 Å². The molecule has 0 radical (unpaired) electrons. The molecule has 0 saturated heterocycles. The smallest absolute Gasteiger partial charge is 0.0230 e. The van der Waals surface area contributed by atoms with E-state index in [2.05, 4.69) is 55.3 Å². The van der Waals surface area contributed by atoms with E-state index in [4.69, 9.17) is 5.73 Å². The first-order chi connectivity index (χ1) is 8.13. The van der Waals surface area contributed by atoms with Gasteiger partial charge in [-0.2, -0.15) is 0 Å². The summed E-state index contributed by atoms with van der Waals surface area (Å²) in [7, 11) is 2.18. The van der Waals surface area contributed by atoms with Gasteiger partial charge in [-0.05, 0) is 31.9 Å². The summed E-state index contributed by atoms with van der Waals surface area (Å²) in [6, 6.07) is 9.04. The fourth-order valence-electron chi connectivity index (χ4n) is 2.41. The highest BCUT2D eigenvalue weighted by molar-refractivity contribution is 5.21. The number of hydrogen-bond donors (Lipinski definition) is 1. The van der Waals surface area contributed by atoms with Gasteiger partial charge in [-0.1, -0.05) is 42.0 Å². The summed E-state index contributed by atoms with van der Waals surface area (Å²) in [4.78, 5) is 2.37. The largest absolute Gasteiger partial charge is 0.324 e. The Balaban J connectivity index is 1.83. The number of hydrogen-bond acceptors (Lipinski definition) is 2. The van der Waals surface area contributed by atoms with Crippen molar-refractivity contribution >= 4 is 0 Å². The summed E-state index contributed by atoms with van der Waals surface area (Å²) in [6.07, 6.45) is 5.49. The van der Waals surface area contributed by atoms with Crippen LogP contribution in [0.5, 0.6) is 0 Å². The number of nitrogens with two attached hydrogens (primary N) is 1. The molecule has 2 N–H and O–H groups in total. The number of nitrogens with zero attached hydrogens (tertiary/aromatic N) is 1. The second-order valence-electron chi connectivity index (χ2n) is 5.23. The normalized spacial score (nSPS) is 23.5. The third-order valence-corrected chi connectivity index (χ3v) is 3.32. The summed E-state index contributed by atoms with van der Waals surface area (Å²) in [5, 5.41) is 0. The molecule has 0 heterocycles. The van der Waals surface area contributed by atoms with E-state index < -0.39 is 0 Å². The lowest BCUT2D eigenvalue weighted by Gasteiger charge is -2.20. The molecule has 0 aliphatic heterocycles. The molecule has 1 aromatic rings. The minimum atomic E-state index is 0.271. The SMILES string of the molecule is Cc1ccc(CN(C)CC2C=CC(N)C2)cc1. The predicted molar refractivity (Wildman–Crippen MR) is 72.7 cm³/mol. The van der Waals surface area contributed by atoms with Gasteiger partial charge in [-0.25, -0.2) is 0 Å². The topological polar surface area (TPSA) is 29.3 Å². The van der Waals surface area contributed by atoms with E-state index >= 15 is 0 Å². The fourth-order valence-corrected chi connectivity index (χ4v) is 2.41. The molecular weight excluding hydrogens is 208 g/mol. The van der Waals surface area contributed by atoms with Crippen LogP contribution in [0.1, 0.15) is 17.5 Å². The zero-order valence-electron chi connectivity index (χ0n) is 10.8. The molecule has 0 saturated carbocycles. The van der Waals surface area contributed by atoms with Gasteiger partial charge in [0, 0.05) is 19.1 Å². The van der Waals surface area contributed by atoms with E-state index in [0.717, 1.165) is 19.5 Å². The number of benzene rings is 1. The van der Waals surface area contributed by atoms with Gasteiger partial charge in [-0.15, -0.1) is 0 Å². The molecule has 0 fully saturated rings. The van der Waals surface area contributed by atoms with Gasteiger partial charge in [0.15, 0.2) is 0 Å². The van der Waals surface area contributed by atoms with Crippen molar-refractivity contribution in [3.63, 3.8) is 0 Å². The van der Waals surface area contributed by atoms with Crippen LogP contribution in [-0.4, -0.2) is 24.5 Å². The zero-order valence-corrected chi connectivity index (χ0v) is 10.8. The van der Waals surface area contributed by atoms with E-state index in [0.29, 0.717) is 5.92 Å². The van der Waals surface area contributed by atoms with Crippen LogP contribution in [0, 0.1) is 12.8 Å². The molecule has 0 spiro atoms. The molecular formula is C15H22N2. The Bertz CT molecular complexity index is 380. The van der Waals surface area contributed by atoms with Crippen molar-refractivity contribution in [2.45, 2.75) is 25.9 Å². The molecule has 0 aromatic heterocycles. The van der Waals surface area contributed by atoms with Gasteiger partial charge < -0.3 is 10.6 Å². The molecule has 2 nitrogen and oxygen atoms in total. The second kappa shape index (κ2) is 5.48. The second-order valence-corrected chi connectivity index (χ2v) is 5.23. The molecule has 0 bridgehead atoms. The van der Waals surface area contributed by atoms with Crippen LogP contribution >= 0.6 is 0 Å². The molecule has 1 aliphatic rings. The lowest BCUT2D eigenvalue weighted by Crippen LogP contribution is -2.25. The van der Waals surface area contributed by atoms with Crippen LogP contribution < -0.4 is 5.73 Å². The molecule has 1 aliphatic carbocycles. The van der Waals surface area contributed by atoms with Crippen molar-refractivity contribution in [2.75, 3.05) is 13.6 Å². The van der Waals surface area contributed by atoms with Crippen LogP contribution in [0.3, 0.4) is 0 Å². The van der Waals surface area contributed by atoms with Crippen LogP contribution in [0.25, 0.3) is 0 Å². The maximum absolute atomic E-state index is 5.86. The summed E-state index contributed by atoms with van der Waals surface area (Å²) in [5.74, 6) is 0.625. The number of rotatable bonds is 4. The van der Waals surface area contributed by atoms with E-state index in [1.165, 1.54) is 11.1 Å². The lowest BCUT2D eigenvalue weighted by atomic mass is 10.1. The van der Waals surface area contributed by atoms with Crippen LogP contribution in [0.2, 0.25) is 0 Å². The maximum Gasteiger partial charge on any atom is 0.0230 e. The summed E-state index contributed by atoms with van der Waals surface area (Å²) in [6.45, 7) is 4.23. The molecule has 92 valence electrons. The van der Waals surface area contributed by atoms with Crippen LogP contribution in [-0.2, 0) is 6.54 Å². The minimum Gasteiger partial charge on any atom is -0.324 e.